The van der Waals surface area contributed by atoms with Crippen molar-refractivity contribution in [3.8, 4) is 11.5 Å². The van der Waals surface area contributed by atoms with Crippen molar-refractivity contribution < 1.29 is 14.3 Å². The van der Waals surface area contributed by atoms with Crippen LogP contribution in [-0.2, 0) is 11.3 Å². The van der Waals surface area contributed by atoms with Gasteiger partial charge >= 0.3 is 0 Å². The molecule has 0 radical (unpaired) electrons. The maximum Gasteiger partial charge on any atom is 0.260 e. The average Bonchev–Trinajstić information content (AvgIpc) is 2.86. The molecule has 1 aliphatic heterocycles. The van der Waals surface area contributed by atoms with Crippen LogP contribution < -0.4 is 20.5 Å². The van der Waals surface area contributed by atoms with E-state index in [0.29, 0.717) is 30.4 Å². The van der Waals surface area contributed by atoms with Gasteiger partial charge in [0.15, 0.2) is 11.5 Å². The van der Waals surface area contributed by atoms with Crippen molar-refractivity contribution in [2.45, 2.75) is 19.9 Å². The average molecular weight is 341 g/mol. The fourth-order valence-corrected chi connectivity index (χ4v) is 2.38. The van der Waals surface area contributed by atoms with Crippen molar-refractivity contribution in [1.82, 2.24) is 9.99 Å². The highest BCUT2D eigenvalue weighted by Crippen LogP contribution is 2.30. The van der Waals surface area contributed by atoms with Crippen LogP contribution in [0, 0.1) is 0 Å². The number of amides is 1. The number of aromatic nitrogens is 1. The fourth-order valence-electron chi connectivity index (χ4n) is 2.38. The Balaban J connectivity index is 1.67. The van der Waals surface area contributed by atoms with E-state index in [9.17, 15) is 9.59 Å². The maximum atomic E-state index is 12.0. The molecule has 0 fully saturated rings. The molecule has 0 saturated carbocycles. The summed E-state index contributed by atoms with van der Waals surface area (Å²) in [7, 11) is 0. The minimum Gasteiger partial charge on any atom is -0.490 e. The molecule has 1 N–H and O–H groups in total. The number of nitrogens with zero attached hydrogens (tertiary/aromatic N) is 2. The summed E-state index contributed by atoms with van der Waals surface area (Å²) in [5.74, 6) is 1.01. The standard InChI is InChI=1S/C18H19N3O4/c1-13(14-6-7-15-16(11-14)25-10-4-9-24-15)19-20-17(22)12-21-8-3-2-5-18(21)23/h2-3,5-8,11H,4,9-10,12H2,1H3,(H,20,22)/b19-13-. The minimum atomic E-state index is -0.373. The second-order valence-electron chi connectivity index (χ2n) is 5.61. The number of carbonyl (C=O) groups excluding carboxylic acids is 1. The van der Waals surface area contributed by atoms with E-state index in [1.54, 1.807) is 25.3 Å². The molecule has 7 heteroatoms. The molecule has 2 aromatic rings. The lowest BCUT2D eigenvalue weighted by Crippen LogP contribution is -2.29. The Morgan fingerprint density at radius 1 is 1.20 bits per heavy atom. The molecule has 1 aromatic heterocycles. The maximum absolute atomic E-state index is 12.0. The Kier molecular flexibility index (Phi) is 5.13. The molecule has 0 aliphatic carbocycles. The third-order valence-corrected chi connectivity index (χ3v) is 3.73. The van der Waals surface area contributed by atoms with Crippen LogP contribution in [0.15, 0.2) is 52.5 Å². The van der Waals surface area contributed by atoms with E-state index in [2.05, 4.69) is 10.5 Å². The molecule has 3 rings (SSSR count). The SMILES string of the molecule is C/C(=N/NC(=O)Cn1ccccc1=O)c1ccc2c(c1)OCCCO2. The smallest absolute Gasteiger partial charge is 0.260 e. The summed E-state index contributed by atoms with van der Waals surface area (Å²) in [5.41, 5.74) is 3.68. The molecule has 0 spiro atoms. The number of hydrogen-bond donors (Lipinski definition) is 1. The van der Waals surface area contributed by atoms with Gasteiger partial charge in [0.2, 0.25) is 0 Å². The van der Waals surface area contributed by atoms with Gasteiger partial charge < -0.3 is 14.0 Å². The summed E-state index contributed by atoms with van der Waals surface area (Å²) in [6.45, 7) is 2.94. The zero-order valence-corrected chi connectivity index (χ0v) is 13.9. The van der Waals surface area contributed by atoms with E-state index in [-0.39, 0.29) is 18.0 Å². The topological polar surface area (TPSA) is 81.9 Å². The molecule has 0 unspecified atom stereocenters. The molecule has 25 heavy (non-hydrogen) atoms. The van der Waals surface area contributed by atoms with Gasteiger partial charge in [0.25, 0.3) is 11.5 Å². The van der Waals surface area contributed by atoms with Crippen LogP contribution in [0.5, 0.6) is 11.5 Å². The summed E-state index contributed by atoms with van der Waals surface area (Å²) in [5, 5.41) is 4.10. The molecule has 2 heterocycles. The second-order valence-corrected chi connectivity index (χ2v) is 5.61. The molecule has 0 bridgehead atoms. The number of pyridine rings is 1. The van der Waals surface area contributed by atoms with E-state index >= 15 is 0 Å². The first kappa shape index (κ1) is 16.8. The molecule has 130 valence electrons. The zero-order chi connectivity index (χ0) is 17.6. The first-order valence-corrected chi connectivity index (χ1v) is 8.02. The highest BCUT2D eigenvalue weighted by atomic mass is 16.5. The van der Waals surface area contributed by atoms with E-state index in [1.165, 1.54) is 10.6 Å². The summed E-state index contributed by atoms with van der Waals surface area (Å²) in [6.07, 6.45) is 2.40. The molecule has 1 aromatic carbocycles. The van der Waals surface area contributed by atoms with Gasteiger partial charge in [-0.15, -0.1) is 0 Å². The number of ether oxygens (including phenoxy) is 2. The van der Waals surface area contributed by atoms with Crippen molar-refractivity contribution >= 4 is 11.6 Å². The fraction of sp³-hybridized carbons (Fsp3) is 0.278. The largest absolute Gasteiger partial charge is 0.490 e. The number of hydrazone groups is 1. The summed E-state index contributed by atoms with van der Waals surface area (Å²) >= 11 is 0. The van der Waals surface area contributed by atoms with Crippen LogP contribution in [0.1, 0.15) is 18.9 Å². The highest BCUT2D eigenvalue weighted by Gasteiger charge is 2.12. The zero-order valence-electron chi connectivity index (χ0n) is 13.9. The number of rotatable bonds is 4. The normalized spacial score (nSPS) is 13.9. The Hall–Kier alpha value is -3.09. The van der Waals surface area contributed by atoms with Crippen LogP contribution in [0.2, 0.25) is 0 Å². The van der Waals surface area contributed by atoms with E-state index in [0.717, 1.165) is 12.0 Å². The number of fused-ring (bicyclic) bond motifs is 1. The summed E-state index contributed by atoms with van der Waals surface area (Å²) in [6, 6.07) is 10.3. The monoisotopic (exact) mass is 341 g/mol. The Bertz CT molecular complexity index is 857. The Morgan fingerprint density at radius 2 is 2.00 bits per heavy atom. The number of hydrogen-bond acceptors (Lipinski definition) is 5. The second kappa shape index (κ2) is 7.65. The molecule has 1 aliphatic rings. The van der Waals surface area contributed by atoms with Crippen molar-refractivity contribution in [3.63, 3.8) is 0 Å². The van der Waals surface area contributed by atoms with Crippen LogP contribution >= 0.6 is 0 Å². The van der Waals surface area contributed by atoms with E-state index < -0.39 is 0 Å². The van der Waals surface area contributed by atoms with Gasteiger partial charge in [-0.2, -0.15) is 5.10 Å². The van der Waals surface area contributed by atoms with Gasteiger partial charge in [0.05, 0.1) is 18.9 Å². The lowest BCUT2D eigenvalue weighted by atomic mass is 10.1. The van der Waals surface area contributed by atoms with Gasteiger partial charge in [-0.3, -0.25) is 9.59 Å². The van der Waals surface area contributed by atoms with Crippen LogP contribution in [0.4, 0.5) is 0 Å². The highest BCUT2D eigenvalue weighted by molar-refractivity contribution is 5.99. The van der Waals surface area contributed by atoms with Crippen LogP contribution in [0.3, 0.4) is 0 Å². The van der Waals surface area contributed by atoms with Crippen molar-refractivity contribution in [2.75, 3.05) is 13.2 Å². The van der Waals surface area contributed by atoms with E-state index in [1.807, 2.05) is 18.2 Å². The predicted molar refractivity (Wildman–Crippen MR) is 93.1 cm³/mol. The predicted octanol–water partition coefficient (Wildman–Crippen LogP) is 1.55. The quantitative estimate of drug-likeness (QED) is 0.676. The van der Waals surface area contributed by atoms with Crippen LogP contribution in [0.25, 0.3) is 0 Å². The minimum absolute atomic E-state index is 0.0857. The molecular formula is C18H19N3O4. The van der Waals surface area contributed by atoms with Crippen molar-refractivity contribution in [3.05, 3.63) is 58.5 Å². The first-order valence-electron chi connectivity index (χ1n) is 8.02. The lowest BCUT2D eigenvalue weighted by molar-refractivity contribution is -0.121. The molecular weight excluding hydrogens is 322 g/mol. The number of nitrogens with one attached hydrogen (secondary N) is 1. The molecule has 0 saturated heterocycles. The third kappa shape index (κ3) is 4.26. The van der Waals surface area contributed by atoms with Gasteiger partial charge in [0.1, 0.15) is 6.54 Å². The van der Waals surface area contributed by atoms with Crippen LogP contribution in [-0.4, -0.2) is 29.4 Å². The molecule has 0 atom stereocenters. The Morgan fingerprint density at radius 3 is 2.80 bits per heavy atom. The first-order chi connectivity index (χ1) is 12.1. The summed E-state index contributed by atoms with van der Waals surface area (Å²) in [4.78, 5) is 23.6. The Labute approximate surface area is 144 Å². The molecule has 7 nitrogen and oxygen atoms in total. The molecule has 1 amide bonds. The lowest BCUT2D eigenvalue weighted by Gasteiger charge is -2.09. The van der Waals surface area contributed by atoms with Crippen molar-refractivity contribution in [2.24, 2.45) is 5.10 Å². The number of carbonyl (C=O) groups is 1. The summed E-state index contributed by atoms with van der Waals surface area (Å²) < 4.78 is 12.6. The van der Waals surface area contributed by atoms with E-state index in [4.69, 9.17) is 9.47 Å². The van der Waals surface area contributed by atoms with Gasteiger partial charge in [-0.1, -0.05) is 6.07 Å². The van der Waals surface area contributed by atoms with Crippen molar-refractivity contribution in [1.29, 1.82) is 0 Å². The van der Waals surface area contributed by atoms with Gasteiger partial charge in [-0.25, -0.2) is 5.43 Å². The van der Waals surface area contributed by atoms with Gasteiger partial charge in [-0.05, 0) is 31.2 Å². The number of benzene rings is 1. The third-order valence-electron chi connectivity index (χ3n) is 3.73. The van der Waals surface area contributed by atoms with Gasteiger partial charge in [0, 0.05) is 24.2 Å².